The van der Waals surface area contributed by atoms with Gasteiger partial charge in [0.25, 0.3) is 0 Å². The molecule has 0 amide bonds. The highest BCUT2D eigenvalue weighted by Gasteiger charge is 2.32. The minimum Gasteiger partial charge on any atom is -0.456 e. The number of benzene rings is 1. The zero-order chi connectivity index (χ0) is 24.1. The van der Waals surface area contributed by atoms with E-state index in [9.17, 15) is 21.6 Å². The summed E-state index contributed by atoms with van der Waals surface area (Å²) in [4.78, 5) is 0. The third-order valence-corrected chi connectivity index (χ3v) is 7.02. The predicted octanol–water partition coefficient (Wildman–Crippen LogP) is 6.34. The Kier molecular flexibility index (Phi) is 7.92. The summed E-state index contributed by atoms with van der Waals surface area (Å²) >= 11 is 0. The first-order valence-corrected chi connectivity index (χ1v) is 12.7. The van der Waals surface area contributed by atoms with Gasteiger partial charge in [-0.2, -0.15) is 13.2 Å². The first-order valence-electron chi connectivity index (χ1n) is 11.0. The van der Waals surface area contributed by atoms with Gasteiger partial charge in [0.1, 0.15) is 11.5 Å². The smallest absolute Gasteiger partial charge is 0.416 e. The second-order valence-electron chi connectivity index (χ2n) is 8.11. The van der Waals surface area contributed by atoms with Crippen LogP contribution >= 0.6 is 0 Å². The SMILES string of the molecule is CCc1cc(C2=C(C)NS(=O)(=O)CCCCCC2)ccc1OC1=CC(C(F)(F)F)=CC=C=C1. The highest BCUT2D eigenvalue weighted by molar-refractivity contribution is 7.89. The second-order valence-corrected chi connectivity index (χ2v) is 9.95. The molecule has 0 bridgehead atoms. The summed E-state index contributed by atoms with van der Waals surface area (Å²) in [6, 6.07) is 5.47. The standard InChI is InChI=1S/C25H28F3NO3S/c1-3-19-16-20(23-12-6-4-5-9-15-33(30,31)29-18(23)2)13-14-24(19)32-22-11-8-7-10-21(17-22)25(26,27)28/h7,10-11,13-14,16-17,29H,3-6,9,12,15H2,1-2H3. The fourth-order valence-corrected chi connectivity index (χ4v) is 5.13. The zero-order valence-electron chi connectivity index (χ0n) is 18.8. The van der Waals surface area contributed by atoms with Crippen LogP contribution in [0.4, 0.5) is 13.2 Å². The summed E-state index contributed by atoms with van der Waals surface area (Å²) in [5.41, 5.74) is 5.06. The molecule has 0 atom stereocenters. The van der Waals surface area contributed by atoms with Crippen LogP contribution in [0.3, 0.4) is 0 Å². The van der Waals surface area contributed by atoms with Gasteiger partial charge in [-0.15, -0.1) is 5.73 Å². The molecular weight excluding hydrogens is 451 g/mol. The molecule has 0 spiro atoms. The monoisotopic (exact) mass is 479 g/mol. The Morgan fingerprint density at radius 1 is 1.15 bits per heavy atom. The molecule has 0 saturated heterocycles. The number of nitrogens with one attached hydrogen (secondary N) is 1. The van der Waals surface area contributed by atoms with Gasteiger partial charge in [0.05, 0.1) is 11.3 Å². The van der Waals surface area contributed by atoms with Crippen LogP contribution in [0.15, 0.2) is 65.3 Å². The Morgan fingerprint density at radius 2 is 1.91 bits per heavy atom. The van der Waals surface area contributed by atoms with Crippen molar-refractivity contribution in [3.63, 3.8) is 0 Å². The second kappa shape index (κ2) is 10.5. The fourth-order valence-electron chi connectivity index (χ4n) is 3.86. The molecular formula is C25H28F3NO3S. The Bertz CT molecular complexity index is 1150. The molecule has 3 rings (SSSR count). The largest absolute Gasteiger partial charge is 0.456 e. The molecule has 0 radical (unpaired) electrons. The average Bonchev–Trinajstić information content (AvgIpc) is 2.98. The van der Waals surface area contributed by atoms with E-state index in [1.54, 1.807) is 13.0 Å². The predicted molar refractivity (Wildman–Crippen MR) is 124 cm³/mol. The van der Waals surface area contributed by atoms with Gasteiger partial charge in [0.15, 0.2) is 0 Å². The Balaban J connectivity index is 1.94. The minimum atomic E-state index is -4.49. The van der Waals surface area contributed by atoms with Crippen LogP contribution in [0.25, 0.3) is 5.57 Å². The molecule has 1 aromatic rings. The van der Waals surface area contributed by atoms with Gasteiger partial charge < -0.3 is 4.74 Å². The van der Waals surface area contributed by atoms with Crippen LogP contribution in [0.2, 0.25) is 0 Å². The molecule has 4 nitrogen and oxygen atoms in total. The highest BCUT2D eigenvalue weighted by Crippen LogP contribution is 2.33. The average molecular weight is 480 g/mol. The van der Waals surface area contributed by atoms with E-state index in [-0.39, 0.29) is 11.5 Å². The molecule has 1 aliphatic carbocycles. The topological polar surface area (TPSA) is 55.4 Å². The van der Waals surface area contributed by atoms with Crippen LogP contribution in [0.1, 0.15) is 57.1 Å². The molecule has 0 saturated carbocycles. The van der Waals surface area contributed by atoms with Gasteiger partial charge in [-0.05, 0) is 79.7 Å². The van der Waals surface area contributed by atoms with E-state index in [0.717, 1.165) is 54.5 Å². The van der Waals surface area contributed by atoms with E-state index < -0.39 is 21.8 Å². The van der Waals surface area contributed by atoms with E-state index in [1.165, 1.54) is 12.2 Å². The summed E-state index contributed by atoms with van der Waals surface area (Å²) in [5.74, 6) is 0.597. The number of allylic oxidation sites excluding steroid dienone is 6. The van der Waals surface area contributed by atoms with E-state index in [0.29, 0.717) is 24.3 Å². The molecule has 178 valence electrons. The maximum absolute atomic E-state index is 13.2. The van der Waals surface area contributed by atoms with Crippen molar-refractivity contribution in [2.45, 2.75) is 58.5 Å². The lowest BCUT2D eigenvalue weighted by atomic mass is 9.95. The maximum atomic E-state index is 13.2. The first kappa shape index (κ1) is 24.9. The molecule has 1 heterocycles. The van der Waals surface area contributed by atoms with E-state index in [4.69, 9.17) is 4.74 Å². The van der Waals surface area contributed by atoms with Crippen molar-refractivity contribution in [2.24, 2.45) is 0 Å². The van der Waals surface area contributed by atoms with E-state index in [2.05, 4.69) is 10.5 Å². The highest BCUT2D eigenvalue weighted by atomic mass is 32.2. The summed E-state index contributed by atoms with van der Waals surface area (Å²) in [5, 5.41) is 0. The van der Waals surface area contributed by atoms with Crippen molar-refractivity contribution in [2.75, 3.05) is 5.75 Å². The number of hydrogen-bond acceptors (Lipinski definition) is 3. The van der Waals surface area contributed by atoms with Crippen LogP contribution in [-0.4, -0.2) is 20.3 Å². The number of sulfonamides is 1. The number of aryl methyl sites for hydroxylation is 1. The lowest BCUT2D eigenvalue weighted by Gasteiger charge is -2.19. The van der Waals surface area contributed by atoms with Crippen LogP contribution < -0.4 is 9.46 Å². The van der Waals surface area contributed by atoms with Crippen molar-refractivity contribution >= 4 is 15.6 Å². The third-order valence-electron chi connectivity index (χ3n) is 5.58. The van der Waals surface area contributed by atoms with E-state index >= 15 is 0 Å². The first-order chi connectivity index (χ1) is 15.6. The number of halogens is 3. The quantitative estimate of drug-likeness (QED) is 0.513. The van der Waals surface area contributed by atoms with Crippen LogP contribution in [0, 0.1) is 0 Å². The third kappa shape index (κ3) is 6.89. The van der Waals surface area contributed by atoms with Crippen molar-refractivity contribution in [3.8, 4) is 5.75 Å². The molecule has 33 heavy (non-hydrogen) atoms. The molecule has 0 unspecified atom stereocenters. The number of alkyl halides is 3. The van der Waals surface area contributed by atoms with Gasteiger partial charge in [-0.25, -0.2) is 8.42 Å². The maximum Gasteiger partial charge on any atom is 0.416 e. The lowest BCUT2D eigenvalue weighted by Crippen LogP contribution is -2.26. The number of rotatable bonds is 4. The summed E-state index contributed by atoms with van der Waals surface area (Å²) in [6.45, 7) is 3.70. The molecule has 0 fully saturated rings. The van der Waals surface area contributed by atoms with Crippen LogP contribution in [-0.2, 0) is 16.4 Å². The lowest BCUT2D eigenvalue weighted by molar-refractivity contribution is -0.0883. The Morgan fingerprint density at radius 3 is 2.64 bits per heavy atom. The molecule has 0 aromatic heterocycles. The van der Waals surface area contributed by atoms with Crippen molar-refractivity contribution in [3.05, 3.63) is 76.4 Å². The minimum absolute atomic E-state index is 0.0385. The van der Waals surface area contributed by atoms with Gasteiger partial charge in [0, 0.05) is 11.8 Å². The van der Waals surface area contributed by atoms with Gasteiger partial charge in [-0.1, -0.05) is 25.8 Å². The summed E-state index contributed by atoms with van der Waals surface area (Å²) in [6.07, 6.45) is 4.73. The van der Waals surface area contributed by atoms with Crippen molar-refractivity contribution < 1.29 is 26.3 Å². The Labute approximate surface area is 193 Å². The van der Waals surface area contributed by atoms with Crippen molar-refractivity contribution in [1.29, 1.82) is 0 Å². The fraction of sp³-hybridized carbons (Fsp3) is 0.400. The molecule has 1 aromatic carbocycles. The molecule has 2 aliphatic rings. The van der Waals surface area contributed by atoms with Crippen molar-refractivity contribution in [1.82, 2.24) is 4.72 Å². The molecule has 1 N–H and O–H groups in total. The van der Waals surface area contributed by atoms with Gasteiger partial charge in [0.2, 0.25) is 10.0 Å². The zero-order valence-corrected chi connectivity index (χ0v) is 19.6. The summed E-state index contributed by atoms with van der Waals surface area (Å²) < 4.78 is 72.7. The van der Waals surface area contributed by atoms with Gasteiger partial charge in [-0.3, -0.25) is 4.72 Å². The normalized spacial score (nSPS) is 19.3. The van der Waals surface area contributed by atoms with Gasteiger partial charge >= 0.3 is 6.18 Å². The Hall–Kier alpha value is -2.70. The van der Waals surface area contributed by atoms with E-state index in [1.807, 2.05) is 19.1 Å². The molecule has 8 heteroatoms. The number of ether oxygens (including phenoxy) is 1. The number of hydrogen-bond donors (Lipinski definition) is 1. The molecule has 1 aliphatic heterocycles. The summed E-state index contributed by atoms with van der Waals surface area (Å²) in [7, 11) is -3.39. The van der Waals surface area contributed by atoms with Crippen LogP contribution in [0.5, 0.6) is 5.75 Å².